The van der Waals surface area contributed by atoms with Gasteiger partial charge in [0.2, 0.25) is 5.91 Å². The second kappa shape index (κ2) is 11.0. The van der Waals surface area contributed by atoms with Gasteiger partial charge in [-0.1, -0.05) is 54.6 Å². The quantitative estimate of drug-likeness (QED) is 0.367. The van der Waals surface area contributed by atoms with Crippen LogP contribution in [0.15, 0.2) is 61.2 Å². The van der Waals surface area contributed by atoms with Crippen LogP contribution in [-0.4, -0.2) is 74.7 Å². The summed E-state index contributed by atoms with van der Waals surface area (Å²) in [4.78, 5) is 41.7. The summed E-state index contributed by atoms with van der Waals surface area (Å²) in [6.07, 6.45) is 0.363. The average molecular weight is 524 g/mol. The Kier molecular flexibility index (Phi) is 7.94. The monoisotopic (exact) mass is 523 g/mol. The summed E-state index contributed by atoms with van der Waals surface area (Å²) in [5, 5.41) is 14.0. The predicted molar refractivity (Wildman–Crippen MR) is 143 cm³/mol. The number of ether oxygens (including phenoxy) is 1. The van der Waals surface area contributed by atoms with Crippen molar-refractivity contribution in [2.75, 3.05) is 19.0 Å². The first kappa shape index (κ1) is 26.8. The summed E-state index contributed by atoms with van der Waals surface area (Å²) >= 11 is 1.48. The van der Waals surface area contributed by atoms with Crippen LogP contribution >= 0.6 is 11.8 Å². The van der Waals surface area contributed by atoms with Crippen molar-refractivity contribution in [1.29, 1.82) is 0 Å². The highest BCUT2D eigenvalue weighted by Crippen LogP contribution is 2.50. The minimum Gasteiger partial charge on any atom is -0.483 e. The second-order valence-corrected chi connectivity index (χ2v) is 11.0. The Morgan fingerprint density at radius 2 is 1.89 bits per heavy atom. The molecular weight excluding hydrogens is 490 g/mol. The maximum atomic E-state index is 13.5. The van der Waals surface area contributed by atoms with Gasteiger partial charge in [0.1, 0.15) is 16.7 Å². The van der Waals surface area contributed by atoms with Crippen molar-refractivity contribution in [2.45, 2.75) is 50.3 Å². The minimum atomic E-state index is -1.53. The Labute approximate surface area is 221 Å². The molecule has 8 nitrogen and oxygen atoms in total. The van der Waals surface area contributed by atoms with Crippen molar-refractivity contribution in [2.24, 2.45) is 0 Å². The van der Waals surface area contributed by atoms with Crippen LogP contribution in [-0.2, 0) is 20.8 Å². The Balaban J connectivity index is 1.48. The van der Waals surface area contributed by atoms with Crippen LogP contribution in [0.25, 0.3) is 0 Å². The topological polar surface area (TPSA) is 99.2 Å². The number of aliphatic hydroxyl groups is 1. The van der Waals surface area contributed by atoms with E-state index in [0.717, 1.165) is 16.7 Å². The summed E-state index contributed by atoms with van der Waals surface area (Å²) in [7, 11) is 0. The fourth-order valence-electron chi connectivity index (χ4n) is 4.99. The Morgan fingerprint density at radius 3 is 2.54 bits per heavy atom. The van der Waals surface area contributed by atoms with Crippen molar-refractivity contribution in [3.05, 3.63) is 77.9 Å². The number of rotatable bonds is 10. The molecule has 196 valence electrons. The molecule has 0 spiro atoms. The van der Waals surface area contributed by atoms with Crippen molar-refractivity contribution < 1.29 is 24.2 Å². The fourth-order valence-corrected chi connectivity index (χ4v) is 6.37. The lowest BCUT2D eigenvalue weighted by molar-refractivity contribution is -0.166. The molecular formula is C28H33N3O5S. The van der Waals surface area contributed by atoms with Gasteiger partial charge in [-0.25, -0.2) is 0 Å². The van der Waals surface area contributed by atoms with E-state index >= 15 is 0 Å². The third-order valence-electron chi connectivity index (χ3n) is 6.98. The Bertz CT molecular complexity index is 1170. The molecule has 0 aromatic heterocycles. The molecule has 2 heterocycles. The van der Waals surface area contributed by atoms with Crippen LogP contribution in [0.2, 0.25) is 0 Å². The van der Waals surface area contributed by atoms with E-state index in [1.807, 2.05) is 69.3 Å². The Morgan fingerprint density at radius 1 is 1.22 bits per heavy atom. The number of β-lactam (4-membered cyclic amide) rings is 1. The molecule has 2 aliphatic rings. The zero-order chi connectivity index (χ0) is 26.7. The number of aryl methyl sites for hydroxylation is 2. The van der Waals surface area contributed by atoms with Gasteiger partial charge in [-0.15, -0.1) is 18.3 Å². The molecule has 2 saturated heterocycles. The van der Waals surface area contributed by atoms with E-state index in [1.54, 1.807) is 11.0 Å². The average Bonchev–Trinajstić information content (AvgIpc) is 3.19. The van der Waals surface area contributed by atoms with Gasteiger partial charge in [-0.3, -0.25) is 14.4 Å². The number of aliphatic hydroxyl groups excluding tert-OH is 1. The number of likely N-dealkylation sites (tertiary alicyclic amines) is 1. The Hall–Kier alpha value is -3.30. The first-order valence-electron chi connectivity index (χ1n) is 12.2. The molecule has 4 atom stereocenters. The van der Waals surface area contributed by atoms with Crippen molar-refractivity contribution in [3.63, 3.8) is 0 Å². The van der Waals surface area contributed by atoms with Crippen LogP contribution in [0, 0.1) is 13.8 Å². The van der Waals surface area contributed by atoms with Crippen LogP contribution < -0.4 is 10.1 Å². The normalized spacial score (nSPS) is 22.1. The van der Waals surface area contributed by atoms with Gasteiger partial charge < -0.3 is 25.0 Å². The summed E-state index contributed by atoms with van der Waals surface area (Å²) in [6, 6.07) is 13.5. The smallest absolute Gasteiger partial charge is 0.258 e. The highest BCUT2D eigenvalue weighted by molar-refractivity contribution is 8.01. The van der Waals surface area contributed by atoms with Gasteiger partial charge >= 0.3 is 0 Å². The molecule has 0 saturated carbocycles. The zero-order valence-electron chi connectivity index (χ0n) is 21.3. The highest BCUT2D eigenvalue weighted by Gasteiger charge is 2.65. The van der Waals surface area contributed by atoms with E-state index in [0.29, 0.717) is 12.3 Å². The summed E-state index contributed by atoms with van der Waals surface area (Å²) in [6.45, 7) is 9.57. The first-order chi connectivity index (χ1) is 17.7. The van der Waals surface area contributed by atoms with E-state index in [1.165, 1.54) is 16.7 Å². The van der Waals surface area contributed by atoms with Crippen LogP contribution in [0.5, 0.6) is 5.75 Å². The number of fused-ring (bicyclic) bond motifs is 1. The number of hydrogen-bond donors (Lipinski definition) is 2. The van der Waals surface area contributed by atoms with Crippen molar-refractivity contribution in [3.8, 4) is 5.75 Å². The van der Waals surface area contributed by atoms with Crippen LogP contribution in [0.4, 0.5) is 0 Å². The molecule has 2 fully saturated rings. The fraction of sp³-hybridized carbons (Fsp3) is 0.393. The predicted octanol–water partition coefficient (Wildman–Crippen LogP) is 2.42. The summed E-state index contributed by atoms with van der Waals surface area (Å²) in [5.74, 6) is -0.288. The molecule has 37 heavy (non-hydrogen) atoms. The molecule has 2 aliphatic heterocycles. The SMILES string of the molecule is C=CCN1C(=O)[C@H]2N(C(=O)[C@@H](O)C(Cc3ccccc3)NC(=O)COc3c(C)cccc3C)CSC21C. The molecule has 2 N–H and O–H groups in total. The van der Waals surface area contributed by atoms with Gasteiger partial charge in [0, 0.05) is 6.54 Å². The molecule has 0 radical (unpaired) electrons. The number of para-hydroxylation sites is 1. The van der Waals surface area contributed by atoms with Gasteiger partial charge in [0.05, 0.1) is 11.9 Å². The molecule has 0 aliphatic carbocycles. The van der Waals surface area contributed by atoms with Gasteiger partial charge in [0.25, 0.3) is 11.8 Å². The number of hydrogen-bond acceptors (Lipinski definition) is 6. The maximum absolute atomic E-state index is 13.5. The third kappa shape index (κ3) is 5.24. The van der Waals surface area contributed by atoms with Gasteiger partial charge in [-0.2, -0.15) is 0 Å². The van der Waals surface area contributed by atoms with E-state index in [9.17, 15) is 19.5 Å². The molecule has 2 aromatic rings. The third-order valence-corrected chi connectivity index (χ3v) is 8.42. The zero-order valence-corrected chi connectivity index (χ0v) is 22.2. The van der Waals surface area contributed by atoms with Crippen molar-refractivity contribution in [1.82, 2.24) is 15.1 Å². The summed E-state index contributed by atoms with van der Waals surface area (Å²) < 4.78 is 5.77. The number of carbonyl (C=O) groups excluding carboxylic acids is 3. The van der Waals surface area contributed by atoms with E-state index < -0.39 is 34.9 Å². The number of nitrogens with zero attached hydrogens (tertiary/aromatic N) is 2. The van der Waals surface area contributed by atoms with Crippen LogP contribution in [0.1, 0.15) is 23.6 Å². The maximum Gasteiger partial charge on any atom is 0.258 e. The second-order valence-electron chi connectivity index (χ2n) is 9.59. The standard InChI is InChI=1S/C28H33N3O5S/c1-5-14-31-27(35)25-28(31,4)37-17-30(25)26(34)23(33)21(15-20-12-7-6-8-13-20)29-22(32)16-36-24-18(2)10-9-11-19(24)3/h5-13,21,23,25,33H,1,14-17H2,2-4H3,(H,29,32)/t21?,23-,25+,28?/m0/s1. The summed E-state index contributed by atoms with van der Waals surface area (Å²) in [5.41, 5.74) is 2.68. The molecule has 4 rings (SSSR count). The lowest BCUT2D eigenvalue weighted by atomic mass is 9.93. The van der Waals surface area contributed by atoms with Crippen LogP contribution in [0.3, 0.4) is 0 Å². The minimum absolute atomic E-state index is 0.168. The van der Waals surface area contributed by atoms with E-state index in [4.69, 9.17) is 4.74 Å². The van der Waals surface area contributed by atoms with Gasteiger partial charge in [0.15, 0.2) is 12.7 Å². The molecule has 2 aromatic carbocycles. The highest BCUT2D eigenvalue weighted by atomic mass is 32.2. The lowest BCUT2D eigenvalue weighted by Crippen LogP contribution is -2.73. The van der Waals surface area contributed by atoms with Gasteiger partial charge in [-0.05, 0) is 43.9 Å². The number of nitrogens with one attached hydrogen (secondary N) is 1. The van der Waals surface area contributed by atoms with E-state index in [2.05, 4.69) is 11.9 Å². The number of thioether (sulfide) groups is 1. The molecule has 0 bridgehead atoms. The van der Waals surface area contributed by atoms with E-state index in [-0.39, 0.29) is 24.8 Å². The van der Waals surface area contributed by atoms with Crippen molar-refractivity contribution >= 4 is 29.5 Å². The molecule has 3 amide bonds. The first-order valence-corrected chi connectivity index (χ1v) is 13.2. The molecule has 2 unspecified atom stereocenters. The lowest BCUT2D eigenvalue weighted by Gasteiger charge is -2.52. The number of carbonyl (C=O) groups is 3. The number of amides is 3. The number of benzene rings is 2. The largest absolute Gasteiger partial charge is 0.483 e. The molecule has 9 heteroatoms.